The van der Waals surface area contributed by atoms with Gasteiger partial charge in [0, 0.05) is 13.0 Å². The average molecular weight is 240 g/mol. The van der Waals surface area contributed by atoms with E-state index >= 15 is 0 Å². The van der Waals surface area contributed by atoms with Crippen molar-refractivity contribution in [3.8, 4) is 5.75 Å². The van der Waals surface area contributed by atoms with Crippen molar-refractivity contribution in [3.05, 3.63) is 23.7 Å². The van der Waals surface area contributed by atoms with Gasteiger partial charge < -0.3 is 9.64 Å². The van der Waals surface area contributed by atoms with Crippen LogP contribution in [0.3, 0.4) is 0 Å². The Kier molecular flexibility index (Phi) is 5.79. The van der Waals surface area contributed by atoms with Gasteiger partial charge in [-0.3, -0.25) is 0 Å². The number of hydrogen-bond donors (Lipinski definition) is 0. The third kappa shape index (κ3) is 4.11. The van der Waals surface area contributed by atoms with Gasteiger partial charge in [0.2, 0.25) is 0 Å². The number of rotatable bonds is 6. The summed E-state index contributed by atoms with van der Waals surface area (Å²) in [5.41, 5.74) is 0.785. The van der Waals surface area contributed by atoms with Gasteiger partial charge in [0.1, 0.15) is 19.0 Å². The van der Waals surface area contributed by atoms with Crippen molar-refractivity contribution >= 4 is 7.53 Å². The molecular weight excluding hydrogens is 217 g/mol. The Labute approximate surface area is 100 Å². The van der Waals surface area contributed by atoms with Crippen molar-refractivity contribution in [2.45, 2.75) is 25.4 Å². The Morgan fingerprint density at radius 1 is 1.44 bits per heavy atom. The van der Waals surface area contributed by atoms with Gasteiger partial charge in [0.25, 0.3) is 0 Å². The Bertz CT molecular complexity index is 315. The minimum absolute atomic E-state index is 0.137. The lowest BCUT2D eigenvalue weighted by Gasteiger charge is -2.12. The zero-order chi connectivity index (χ0) is 12.0. The van der Waals surface area contributed by atoms with E-state index in [9.17, 15) is 0 Å². The van der Waals surface area contributed by atoms with Crippen LogP contribution in [0.15, 0.2) is 23.7 Å². The molecule has 2 nitrogen and oxygen atoms in total. The number of hydrogen-bond acceptors (Lipinski definition) is 2. The summed E-state index contributed by atoms with van der Waals surface area (Å²) in [5.74, 6) is 5.68. The molecule has 0 saturated carbocycles. The van der Waals surface area contributed by atoms with Crippen molar-refractivity contribution in [1.82, 2.24) is 4.90 Å². The molecule has 0 amide bonds. The highest BCUT2D eigenvalue weighted by Gasteiger charge is 2.20. The third-order valence-corrected chi connectivity index (χ3v) is 5.37. The standard InChI is InChI=1S/C13H23NOP/c1-5-13(8-9-14(2)3)16-10-6-7-12(11-16)15-4/h6-7,10-11,13H,5,8-9H2,1-4H3/q+1. The SMILES string of the molecule is CCC(CCN(C)C)[p+]1cccc(OC)c1. The van der Waals surface area contributed by atoms with Crippen LogP contribution in [0.2, 0.25) is 0 Å². The zero-order valence-corrected chi connectivity index (χ0v) is 11.7. The highest BCUT2D eigenvalue weighted by atomic mass is 31.1. The van der Waals surface area contributed by atoms with Gasteiger partial charge in [0.15, 0.2) is 11.5 Å². The van der Waals surface area contributed by atoms with Crippen LogP contribution in [0.5, 0.6) is 5.75 Å². The molecule has 0 aromatic carbocycles. The molecule has 0 spiro atoms. The maximum absolute atomic E-state index is 5.30. The molecular formula is C13H23NOP+. The molecule has 1 aromatic heterocycles. The molecule has 2 atom stereocenters. The van der Waals surface area contributed by atoms with Crippen LogP contribution in [0.4, 0.5) is 0 Å². The largest absolute Gasteiger partial charge is 0.493 e. The molecule has 0 saturated heterocycles. The van der Waals surface area contributed by atoms with Crippen LogP contribution in [0.1, 0.15) is 25.4 Å². The predicted octanol–water partition coefficient (Wildman–Crippen LogP) is 3.87. The van der Waals surface area contributed by atoms with Gasteiger partial charge in [-0.1, -0.05) is 6.92 Å². The van der Waals surface area contributed by atoms with E-state index in [2.05, 4.69) is 43.6 Å². The first-order valence-electron chi connectivity index (χ1n) is 5.87. The van der Waals surface area contributed by atoms with E-state index in [-0.39, 0.29) is 7.53 Å². The molecule has 0 aliphatic rings. The van der Waals surface area contributed by atoms with Crippen molar-refractivity contribution in [2.24, 2.45) is 0 Å². The van der Waals surface area contributed by atoms with Crippen LogP contribution in [0, 0.1) is 0 Å². The van der Waals surface area contributed by atoms with E-state index in [1.54, 1.807) is 7.11 Å². The first kappa shape index (κ1) is 13.5. The van der Waals surface area contributed by atoms with Crippen LogP contribution >= 0.6 is 7.53 Å². The summed E-state index contributed by atoms with van der Waals surface area (Å²) in [4.78, 5) is 2.26. The van der Waals surface area contributed by atoms with Crippen LogP contribution < -0.4 is 4.74 Å². The average Bonchev–Trinajstić information content (AvgIpc) is 2.30. The normalized spacial score (nSPS) is 13.9. The Balaban J connectivity index is 2.70. The fourth-order valence-corrected chi connectivity index (χ4v) is 3.94. The van der Waals surface area contributed by atoms with Crippen molar-refractivity contribution in [1.29, 1.82) is 0 Å². The topological polar surface area (TPSA) is 12.5 Å². The first-order valence-corrected chi connectivity index (χ1v) is 7.41. The molecule has 0 bridgehead atoms. The van der Waals surface area contributed by atoms with Gasteiger partial charge in [0.05, 0.1) is 7.11 Å². The van der Waals surface area contributed by atoms with Gasteiger partial charge in [-0.05, 0) is 32.6 Å². The lowest BCUT2D eigenvalue weighted by Crippen LogP contribution is -2.14. The molecule has 0 radical (unpaired) electrons. The predicted molar refractivity (Wildman–Crippen MR) is 72.6 cm³/mol. The second kappa shape index (κ2) is 6.88. The van der Waals surface area contributed by atoms with Crippen LogP contribution in [-0.4, -0.2) is 32.6 Å². The van der Waals surface area contributed by atoms with Crippen molar-refractivity contribution < 1.29 is 4.74 Å². The summed E-state index contributed by atoms with van der Waals surface area (Å²) >= 11 is 0. The monoisotopic (exact) mass is 240 g/mol. The summed E-state index contributed by atoms with van der Waals surface area (Å²) in [6, 6.07) is 4.18. The lowest BCUT2D eigenvalue weighted by molar-refractivity contribution is 0.389. The molecule has 0 fully saturated rings. The second-order valence-electron chi connectivity index (χ2n) is 4.35. The van der Waals surface area contributed by atoms with Gasteiger partial charge >= 0.3 is 0 Å². The highest BCUT2D eigenvalue weighted by Crippen LogP contribution is 2.45. The van der Waals surface area contributed by atoms with Crippen molar-refractivity contribution in [2.75, 3.05) is 27.7 Å². The van der Waals surface area contributed by atoms with Crippen LogP contribution in [-0.2, 0) is 0 Å². The molecule has 1 heterocycles. The fraction of sp³-hybridized carbons (Fsp3) is 0.615. The van der Waals surface area contributed by atoms with Crippen LogP contribution in [0.25, 0.3) is 0 Å². The maximum atomic E-state index is 5.30. The molecule has 0 aliphatic heterocycles. The maximum Gasteiger partial charge on any atom is 0.161 e. The summed E-state index contributed by atoms with van der Waals surface area (Å²) in [6.45, 7) is 3.46. The van der Waals surface area contributed by atoms with Gasteiger partial charge in [-0.25, -0.2) is 0 Å². The summed E-state index contributed by atoms with van der Waals surface area (Å²) in [7, 11) is 5.89. The molecule has 1 aromatic rings. The number of nitrogens with zero attached hydrogens (tertiary/aromatic N) is 1. The van der Waals surface area contributed by atoms with E-state index in [1.165, 1.54) is 19.4 Å². The Morgan fingerprint density at radius 2 is 2.19 bits per heavy atom. The molecule has 90 valence electrons. The fourth-order valence-electron chi connectivity index (χ4n) is 1.79. The minimum Gasteiger partial charge on any atom is -0.493 e. The first-order chi connectivity index (χ1) is 7.67. The molecule has 1 rings (SSSR count). The zero-order valence-electron chi connectivity index (χ0n) is 10.8. The molecule has 2 unspecified atom stereocenters. The van der Waals surface area contributed by atoms with E-state index in [0.717, 1.165) is 11.4 Å². The minimum atomic E-state index is -0.137. The van der Waals surface area contributed by atoms with E-state index in [0.29, 0.717) is 0 Å². The summed E-state index contributed by atoms with van der Waals surface area (Å²) in [5, 5.41) is 0. The molecule has 3 heteroatoms. The number of methoxy groups -OCH3 is 1. The van der Waals surface area contributed by atoms with Gasteiger partial charge in [-0.15, -0.1) is 0 Å². The van der Waals surface area contributed by atoms with Gasteiger partial charge in [-0.2, -0.15) is 0 Å². The second-order valence-corrected chi connectivity index (χ2v) is 6.53. The Hall–Kier alpha value is -0.590. The van der Waals surface area contributed by atoms with Crippen molar-refractivity contribution in [3.63, 3.8) is 0 Å². The lowest BCUT2D eigenvalue weighted by atomic mass is 10.2. The molecule has 0 N–H and O–H groups in total. The Morgan fingerprint density at radius 3 is 2.75 bits per heavy atom. The third-order valence-electron chi connectivity index (χ3n) is 2.83. The summed E-state index contributed by atoms with van der Waals surface area (Å²) in [6.07, 6.45) is 2.52. The molecule has 0 aliphatic carbocycles. The highest BCUT2D eigenvalue weighted by molar-refractivity contribution is 7.48. The smallest absolute Gasteiger partial charge is 0.161 e. The van der Waals surface area contributed by atoms with E-state index < -0.39 is 0 Å². The quantitative estimate of drug-likeness (QED) is 0.748. The summed E-state index contributed by atoms with van der Waals surface area (Å²) < 4.78 is 5.30. The van der Waals surface area contributed by atoms with E-state index in [4.69, 9.17) is 4.74 Å². The molecule has 16 heavy (non-hydrogen) atoms. The number of ether oxygens (including phenoxy) is 1. The van der Waals surface area contributed by atoms with E-state index in [1.807, 2.05) is 6.07 Å².